The number of aromatic amines is 1. The predicted molar refractivity (Wildman–Crippen MR) is 114 cm³/mol. The maximum atomic E-state index is 6.26. The van der Waals surface area contributed by atoms with Crippen LogP contribution >= 0.6 is 11.6 Å². The van der Waals surface area contributed by atoms with Crippen LogP contribution in [0.3, 0.4) is 0 Å². The number of hydrogen-bond acceptors (Lipinski definition) is 2. The van der Waals surface area contributed by atoms with Crippen LogP contribution < -0.4 is 10.6 Å². The van der Waals surface area contributed by atoms with Crippen LogP contribution in [0.1, 0.15) is 32.3 Å². The van der Waals surface area contributed by atoms with E-state index in [2.05, 4.69) is 60.1 Å². The summed E-state index contributed by atoms with van der Waals surface area (Å²) in [5.41, 5.74) is 11.9. The minimum atomic E-state index is 0.733. The topological polar surface area (TPSA) is 45.0 Å². The fraction of sp³-hybridized carbons (Fsp3) is 0.364. The van der Waals surface area contributed by atoms with Crippen LogP contribution in [0.5, 0.6) is 0 Å². The Bertz CT molecular complexity index is 848. The molecule has 2 aromatic carbocycles. The number of nitrogens with two attached hydrogens (primary N) is 1. The summed E-state index contributed by atoms with van der Waals surface area (Å²) in [5.74, 6) is 0. The molecule has 0 aliphatic carbocycles. The molecule has 26 heavy (non-hydrogen) atoms. The molecule has 0 aliphatic rings. The molecule has 4 heteroatoms. The van der Waals surface area contributed by atoms with Crippen LogP contribution in [-0.2, 0) is 6.42 Å². The molecular formula is C22H28ClN3. The lowest BCUT2D eigenvalue weighted by molar-refractivity contribution is 0.748. The van der Waals surface area contributed by atoms with Gasteiger partial charge >= 0.3 is 0 Å². The summed E-state index contributed by atoms with van der Waals surface area (Å²) in [6, 6.07) is 14.9. The number of nitrogens with zero attached hydrogens (tertiary/aromatic N) is 1. The molecule has 0 saturated carbocycles. The Morgan fingerprint density at radius 3 is 2.38 bits per heavy atom. The molecule has 0 spiro atoms. The van der Waals surface area contributed by atoms with Crippen LogP contribution in [0.25, 0.3) is 22.2 Å². The van der Waals surface area contributed by atoms with E-state index in [0.29, 0.717) is 0 Å². The number of aromatic nitrogens is 1. The van der Waals surface area contributed by atoms with Crippen molar-refractivity contribution in [2.75, 3.05) is 24.5 Å². The normalized spacial score (nSPS) is 11.2. The average molecular weight is 370 g/mol. The maximum absolute atomic E-state index is 6.26. The van der Waals surface area contributed by atoms with E-state index in [0.717, 1.165) is 49.4 Å². The van der Waals surface area contributed by atoms with E-state index in [1.54, 1.807) is 0 Å². The number of aryl methyl sites for hydroxylation is 1. The second kappa shape index (κ2) is 8.61. The van der Waals surface area contributed by atoms with Crippen molar-refractivity contribution in [1.29, 1.82) is 0 Å². The van der Waals surface area contributed by atoms with Gasteiger partial charge in [-0.1, -0.05) is 23.7 Å². The highest BCUT2D eigenvalue weighted by atomic mass is 35.5. The molecule has 3 nitrogen and oxygen atoms in total. The van der Waals surface area contributed by atoms with Crippen LogP contribution in [0.2, 0.25) is 5.02 Å². The van der Waals surface area contributed by atoms with Gasteiger partial charge in [0.05, 0.1) is 0 Å². The van der Waals surface area contributed by atoms with Gasteiger partial charge in [-0.3, -0.25) is 0 Å². The number of unbranched alkanes of at least 4 members (excludes halogenated alkanes) is 1. The zero-order chi connectivity index (χ0) is 18.5. The molecule has 0 aliphatic heterocycles. The molecule has 1 aromatic heterocycles. The Morgan fingerprint density at radius 1 is 1.00 bits per heavy atom. The van der Waals surface area contributed by atoms with Crippen molar-refractivity contribution >= 4 is 28.2 Å². The molecule has 0 atom stereocenters. The van der Waals surface area contributed by atoms with Gasteiger partial charge in [-0.2, -0.15) is 0 Å². The summed E-state index contributed by atoms with van der Waals surface area (Å²) in [7, 11) is 0. The second-order valence-corrected chi connectivity index (χ2v) is 7.07. The second-order valence-electron chi connectivity index (χ2n) is 6.63. The fourth-order valence-electron chi connectivity index (χ4n) is 3.60. The van der Waals surface area contributed by atoms with Gasteiger partial charge in [0.25, 0.3) is 0 Å². The van der Waals surface area contributed by atoms with Crippen molar-refractivity contribution in [3.8, 4) is 11.3 Å². The first-order valence-electron chi connectivity index (χ1n) is 9.53. The molecule has 0 unspecified atom stereocenters. The van der Waals surface area contributed by atoms with Crippen molar-refractivity contribution in [2.24, 2.45) is 5.73 Å². The largest absolute Gasteiger partial charge is 0.372 e. The summed E-state index contributed by atoms with van der Waals surface area (Å²) in [5, 5.41) is 2.00. The zero-order valence-corrected chi connectivity index (χ0v) is 16.4. The Kier molecular flexibility index (Phi) is 6.23. The van der Waals surface area contributed by atoms with Crippen molar-refractivity contribution in [3.05, 3.63) is 53.1 Å². The van der Waals surface area contributed by atoms with Gasteiger partial charge in [0.1, 0.15) is 0 Å². The van der Waals surface area contributed by atoms with Crippen molar-refractivity contribution < 1.29 is 0 Å². The number of H-pyrrole nitrogens is 1. The van der Waals surface area contributed by atoms with Crippen LogP contribution in [-0.4, -0.2) is 24.6 Å². The van der Waals surface area contributed by atoms with Gasteiger partial charge in [0, 0.05) is 40.4 Å². The van der Waals surface area contributed by atoms with E-state index in [1.165, 1.54) is 27.9 Å². The molecule has 0 amide bonds. The zero-order valence-electron chi connectivity index (χ0n) is 15.7. The first kappa shape index (κ1) is 18.8. The van der Waals surface area contributed by atoms with E-state index in [-0.39, 0.29) is 0 Å². The highest BCUT2D eigenvalue weighted by molar-refractivity contribution is 6.31. The summed E-state index contributed by atoms with van der Waals surface area (Å²) in [6.07, 6.45) is 3.12. The highest BCUT2D eigenvalue weighted by Crippen LogP contribution is 2.34. The van der Waals surface area contributed by atoms with Crippen LogP contribution in [0.15, 0.2) is 42.5 Å². The Morgan fingerprint density at radius 2 is 1.73 bits per heavy atom. The van der Waals surface area contributed by atoms with Crippen molar-refractivity contribution in [3.63, 3.8) is 0 Å². The minimum Gasteiger partial charge on any atom is -0.372 e. The first-order chi connectivity index (χ1) is 12.7. The predicted octanol–water partition coefficient (Wildman–Crippen LogP) is 5.62. The van der Waals surface area contributed by atoms with E-state index in [4.69, 9.17) is 17.3 Å². The number of hydrogen-bond donors (Lipinski definition) is 2. The SMILES string of the molecule is CCN(CC)c1ccc(-c2[nH]c3ccc(Cl)cc3c2CCCCN)cc1. The van der Waals surface area contributed by atoms with E-state index in [9.17, 15) is 0 Å². The van der Waals surface area contributed by atoms with E-state index >= 15 is 0 Å². The molecule has 1 heterocycles. The minimum absolute atomic E-state index is 0.733. The van der Waals surface area contributed by atoms with E-state index in [1.807, 2.05) is 6.07 Å². The lowest BCUT2D eigenvalue weighted by atomic mass is 10.00. The van der Waals surface area contributed by atoms with Crippen LogP contribution in [0, 0.1) is 0 Å². The lowest BCUT2D eigenvalue weighted by Crippen LogP contribution is -2.21. The Labute approximate surface area is 161 Å². The summed E-state index contributed by atoms with van der Waals surface area (Å²) in [4.78, 5) is 5.97. The molecule has 0 bridgehead atoms. The monoisotopic (exact) mass is 369 g/mol. The van der Waals surface area contributed by atoms with Gasteiger partial charge in [-0.15, -0.1) is 0 Å². The van der Waals surface area contributed by atoms with Gasteiger partial charge in [-0.25, -0.2) is 0 Å². The number of halogens is 1. The average Bonchev–Trinajstić information content (AvgIpc) is 3.01. The van der Waals surface area contributed by atoms with Gasteiger partial charge in [0.2, 0.25) is 0 Å². The Balaban J connectivity index is 2.01. The third-order valence-corrected chi connectivity index (χ3v) is 5.27. The summed E-state index contributed by atoms with van der Waals surface area (Å²) in [6.45, 7) is 7.15. The smallest absolute Gasteiger partial charge is 0.0497 e. The number of benzene rings is 2. The number of fused-ring (bicyclic) bond motifs is 1. The lowest BCUT2D eigenvalue weighted by Gasteiger charge is -2.21. The number of anilines is 1. The van der Waals surface area contributed by atoms with Gasteiger partial charge in [0.15, 0.2) is 0 Å². The third-order valence-electron chi connectivity index (χ3n) is 5.03. The Hall–Kier alpha value is -1.97. The van der Waals surface area contributed by atoms with E-state index < -0.39 is 0 Å². The van der Waals surface area contributed by atoms with Gasteiger partial charge in [-0.05, 0) is 81.1 Å². The van der Waals surface area contributed by atoms with Gasteiger partial charge < -0.3 is 15.6 Å². The van der Waals surface area contributed by atoms with Crippen LogP contribution in [0.4, 0.5) is 5.69 Å². The standard InChI is InChI=1S/C22H28ClN3/c1-3-26(4-2)18-11-8-16(9-12-18)22-19(7-5-6-14-24)20-15-17(23)10-13-21(20)25-22/h8-13,15,25H,3-7,14,24H2,1-2H3. The molecule has 0 saturated heterocycles. The molecule has 138 valence electrons. The number of rotatable bonds is 8. The highest BCUT2D eigenvalue weighted by Gasteiger charge is 2.14. The molecular weight excluding hydrogens is 342 g/mol. The molecule has 3 aromatic rings. The molecule has 3 N–H and O–H groups in total. The molecule has 3 rings (SSSR count). The van der Waals surface area contributed by atoms with Crippen molar-refractivity contribution in [2.45, 2.75) is 33.1 Å². The summed E-state index contributed by atoms with van der Waals surface area (Å²) < 4.78 is 0. The fourth-order valence-corrected chi connectivity index (χ4v) is 3.77. The first-order valence-corrected chi connectivity index (χ1v) is 9.91. The summed E-state index contributed by atoms with van der Waals surface area (Å²) >= 11 is 6.26. The molecule has 0 radical (unpaired) electrons. The number of nitrogens with one attached hydrogen (secondary N) is 1. The molecule has 0 fully saturated rings. The van der Waals surface area contributed by atoms with Crippen molar-refractivity contribution in [1.82, 2.24) is 4.98 Å². The third kappa shape index (κ3) is 3.89. The maximum Gasteiger partial charge on any atom is 0.0497 e. The quantitative estimate of drug-likeness (QED) is 0.506.